The minimum Gasteiger partial charge on any atom is -0.381 e. The van der Waals surface area contributed by atoms with Crippen molar-refractivity contribution < 1.29 is 8.42 Å². The van der Waals surface area contributed by atoms with Gasteiger partial charge in [-0.05, 0) is 12.1 Å². The highest BCUT2D eigenvalue weighted by Gasteiger charge is 2.23. The van der Waals surface area contributed by atoms with Gasteiger partial charge in [0.05, 0.1) is 6.54 Å². The maximum atomic E-state index is 12.4. The molecule has 3 aromatic rings. The number of aryl methyl sites for hydroxylation is 1. The molecule has 3 aromatic heterocycles. The molecule has 0 unspecified atom stereocenters. The minimum absolute atomic E-state index is 0.0251. The van der Waals surface area contributed by atoms with Gasteiger partial charge in [0.1, 0.15) is 12.0 Å². The van der Waals surface area contributed by atoms with E-state index in [4.69, 9.17) is 5.73 Å². The van der Waals surface area contributed by atoms with Crippen molar-refractivity contribution in [1.82, 2.24) is 28.9 Å². The van der Waals surface area contributed by atoms with E-state index in [2.05, 4.69) is 19.8 Å². The third-order valence-electron chi connectivity index (χ3n) is 2.83. The normalized spacial score (nSPS) is 12.0. The van der Waals surface area contributed by atoms with Crippen molar-refractivity contribution in [3.8, 4) is 0 Å². The van der Waals surface area contributed by atoms with E-state index in [1.165, 1.54) is 15.4 Å². The number of fused-ring (bicyclic) bond motifs is 1. The average molecular weight is 307 g/mol. The van der Waals surface area contributed by atoms with Crippen LogP contribution >= 0.6 is 0 Å². The zero-order valence-corrected chi connectivity index (χ0v) is 11.9. The lowest BCUT2D eigenvalue weighted by molar-refractivity contribution is 0.574. The Morgan fingerprint density at radius 3 is 2.90 bits per heavy atom. The highest BCUT2D eigenvalue weighted by molar-refractivity contribution is 7.89. The molecule has 110 valence electrons. The monoisotopic (exact) mass is 307 g/mol. The van der Waals surface area contributed by atoms with E-state index >= 15 is 0 Å². The first-order valence-electron chi connectivity index (χ1n) is 6.04. The summed E-state index contributed by atoms with van der Waals surface area (Å²) in [5.74, 6) is 0.316. The molecule has 3 N–H and O–H groups in total. The highest BCUT2D eigenvalue weighted by atomic mass is 32.2. The zero-order chi connectivity index (χ0) is 15.0. The molecule has 0 radical (unpaired) electrons. The second-order valence-corrected chi connectivity index (χ2v) is 6.07. The first-order chi connectivity index (χ1) is 9.97. The lowest BCUT2D eigenvalue weighted by Gasteiger charge is -2.05. The largest absolute Gasteiger partial charge is 0.381 e. The molecule has 0 aliphatic rings. The summed E-state index contributed by atoms with van der Waals surface area (Å²) in [6, 6.07) is 5.13. The molecule has 0 aromatic carbocycles. The van der Waals surface area contributed by atoms with E-state index in [-0.39, 0.29) is 17.4 Å². The van der Waals surface area contributed by atoms with Gasteiger partial charge in [0.15, 0.2) is 16.7 Å². The Hall–Kier alpha value is -2.46. The van der Waals surface area contributed by atoms with Crippen LogP contribution in [0.1, 0.15) is 5.82 Å². The Kier molecular flexibility index (Phi) is 3.11. The Labute approximate surface area is 120 Å². The van der Waals surface area contributed by atoms with E-state index in [0.29, 0.717) is 11.5 Å². The van der Waals surface area contributed by atoms with Gasteiger partial charge in [-0.1, -0.05) is 6.07 Å². The SMILES string of the molecule is Cn1cnc(CNS(=O)(=O)c2c(N)nc3ccccn23)n1. The van der Waals surface area contributed by atoms with E-state index in [9.17, 15) is 8.42 Å². The molecule has 21 heavy (non-hydrogen) atoms. The summed E-state index contributed by atoms with van der Waals surface area (Å²) < 4.78 is 30.1. The van der Waals surface area contributed by atoms with Crippen LogP contribution in [0.25, 0.3) is 5.65 Å². The third kappa shape index (κ3) is 2.45. The number of imidazole rings is 1. The lowest BCUT2D eigenvalue weighted by atomic mass is 10.5. The summed E-state index contributed by atoms with van der Waals surface area (Å²) in [7, 11) is -2.13. The number of aromatic nitrogens is 5. The van der Waals surface area contributed by atoms with Crippen molar-refractivity contribution in [2.75, 3.05) is 5.73 Å². The molecule has 3 heterocycles. The number of sulfonamides is 1. The van der Waals surface area contributed by atoms with Crippen molar-refractivity contribution in [1.29, 1.82) is 0 Å². The number of nitrogens with zero attached hydrogens (tertiary/aromatic N) is 5. The first kappa shape index (κ1) is 13.5. The summed E-state index contributed by atoms with van der Waals surface area (Å²) in [5, 5.41) is 3.92. The zero-order valence-electron chi connectivity index (χ0n) is 11.1. The molecule has 0 aliphatic heterocycles. The number of rotatable bonds is 4. The molecule has 0 spiro atoms. The molecule has 0 amide bonds. The number of nitrogens with one attached hydrogen (secondary N) is 1. The van der Waals surface area contributed by atoms with Gasteiger partial charge < -0.3 is 5.73 Å². The number of hydrogen-bond donors (Lipinski definition) is 2. The van der Waals surface area contributed by atoms with E-state index in [1.807, 2.05) is 0 Å². The van der Waals surface area contributed by atoms with Crippen molar-refractivity contribution in [3.63, 3.8) is 0 Å². The van der Waals surface area contributed by atoms with E-state index < -0.39 is 10.0 Å². The van der Waals surface area contributed by atoms with Crippen LogP contribution < -0.4 is 10.5 Å². The Bertz CT molecular complexity index is 896. The smallest absolute Gasteiger partial charge is 0.260 e. The number of pyridine rings is 1. The molecular weight excluding hydrogens is 294 g/mol. The van der Waals surface area contributed by atoms with Gasteiger partial charge in [-0.2, -0.15) is 5.10 Å². The summed E-state index contributed by atoms with van der Waals surface area (Å²) in [5.41, 5.74) is 6.19. The van der Waals surface area contributed by atoms with Crippen molar-refractivity contribution in [2.24, 2.45) is 7.05 Å². The predicted octanol–water partition coefficient (Wildman–Crippen LogP) is -0.476. The molecule has 0 aliphatic carbocycles. The van der Waals surface area contributed by atoms with Crippen molar-refractivity contribution in [2.45, 2.75) is 11.6 Å². The van der Waals surface area contributed by atoms with Gasteiger partial charge in [-0.15, -0.1) is 0 Å². The molecule has 0 fully saturated rings. The van der Waals surface area contributed by atoms with Crippen LogP contribution in [-0.4, -0.2) is 32.6 Å². The number of nitrogen functional groups attached to an aromatic ring is 1. The molecule has 10 heteroatoms. The molecule has 0 bridgehead atoms. The van der Waals surface area contributed by atoms with Gasteiger partial charge in [-0.3, -0.25) is 9.08 Å². The van der Waals surface area contributed by atoms with Crippen LogP contribution in [0, 0.1) is 0 Å². The lowest BCUT2D eigenvalue weighted by Crippen LogP contribution is -2.26. The van der Waals surface area contributed by atoms with E-state index in [0.717, 1.165) is 0 Å². The van der Waals surface area contributed by atoms with E-state index in [1.54, 1.807) is 31.4 Å². The number of nitrogens with two attached hydrogens (primary N) is 1. The fourth-order valence-corrected chi connectivity index (χ4v) is 3.14. The van der Waals surface area contributed by atoms with Gasteiger partial charge in [0, 0.05) is 13.2 Å². The quantitative estimate of drug-likeness (QED) is 0.672. The second-order valence-electron chi connectivity index (χ2n) is 4.39. The highest BCUT2D eigenvalue weighted by Crippen LogP contribution is 2.19. The average Bonchev–Trinajstić information content (AvgIpc) is 2.99. The molecule has 3 rings (SSSR count). The molecule has 0 atom stereocenters. The fraction of sp³-hybridized carbons (Fsp3) is 0.182. The van der Waals surface area contributed by atoms with Crippen LogP contribution in [0.2, 0.25) is 0 Å². The Morgan fingerprint density at radius 2 is 2.19 bits per heavy atom. The van der Waals surface area contributed by atoms with Crippen LogP contribution in [0.4, 0.5) is 5.82 Å². The van der Waals surface area contributed by atoms with Crippen molar-refractivity contribution >= 4 is 21.5 Å². The number of anilines is 1. The molecular formula is C11H13N7O2S. The third-order valence-corrected chi connectivity index (χ3v) is 4.27. The van der Waals surface area contributed by atoms with Crippen LogP contribution in [0.15, 0.2) is 35.7 Å². The fourth-order valence-electron chi connectivity index (χ4n) is 1.95. The van der Waals surface area contributed by atoms with Crippen LogP contribution in [-0.2, 0) is 23.6 Å². The molecule has 0 saturated carbocycles. The van der Waals surface area contributed by atoms with Crippen LogP contribution in [0.3, 0.4) is 0 Å². The maximum absolute atomic E-state index is 12.4. The summed E-state index contributed by atoms with van der Waals surface area (Å²) in [6.07, 6.45) is 3.08. The molecule has 0 saturated heterocycles. The van der Waals surface area contributed by atoms with Gasteiger partial charge in [0.25, 0.3) is 10.0 Å². The first-order valence-corrected chi connectivity index (χ1v) is 7.52. The predicted molar refractivity (Wildman–Crippen MR) is 74.6 cm³/mol. The van der Waals surface area contributed by atoms with Gasteiger partial charge >= 0.3 is 0 Å². The van der Waals surface area contributed by atoms with Crippen LogP contribution in [0.5, 0.6) is 0 Å². The standard InChI is InChI=1S/C11H13N7O2S/c1-17-7-13-8(16-17)6-14-21(19,20)11-10(12)15-9-4-2-3-5-18(9)11/h2-5,7,14H,6,12H2,1H3. The summed E-state index contributed by atoms with van der Waals surface area (Å²) in [6.45, 7) is -0.0251. The summed E-state index contributed by atoms with van der Waals surface area (Å²) >= 11 is 0. The topological polar surface area (TPSA) is 120 Å². The maximum Gasteiger partial charge on any atom is 0.260 e. The second kappa shape index (κ2) is 4.82. The minimum atomic E-state index is -3.83. The Balaban J connectivity index is 1.95. The van der Waals surface area contributed by atoms with Gasteiger partial charge in [0.2, 0.25) is 0 Å². The Morgan fingerprint density at radius 1 is 1.38 bits per heavy atom. The number of hydrogen-bond acceptors (Lipinski definition) is 6. The van der Waals surface area contributed by atoms with Gasteiger partial charge in [-0.25, -0.2) is 23.1 Å². The summed E-state index contributed by atoms with van der Waals surface area (Å²) in [4.78, 5) is 7.98. The molecule has 9 nitrogen and oxygen atoms in total. The van der Waals surface area contributed by atoms with Crippen molar-refractivity contribution in [3.05, 3.63) is 36.5 Å².